The second kappa shape index (κ2) is 9.19. The van der Waals surface area contributed by atoms with Gasteiger partial charge < -0.3 is 24.7 Å². The highest BCUT2D eigenvalue weighted by Crippen LogP contribution is 2.33. The molecule has 34 heavy (non-hydrogen) atoms. The molecule has 0 unspecified atom stereocenters. The fourth-order valence-corrected chi connectivity index (χ4v) is 4.23. The number of benzene rings is 3. The number of fused-ring (bicyclic) bond motifs is 2. The maximum absolute atomic E-state index is 12.9. The molecule has 0 radical (unpaired) electrons. The summed E-state index contributed by atoms with van der Waals surface area (Å²) < 4.78 is 11.0. The molecular weight excluding hydrogens is 446 g/mol. The third-order valence-corrected chi connectivity index (χ3v) is 6.20. The molecule has 0 amide bonds. The van der Waals surface area contributed by atoms with Gasteiger partial charge in [0.1, 0.15) is 0 Å². The number of thiocarbonyl (C=S) groups is 1. The standard InChI is InChI=1S/C27H25N3O3S/c1-17-4-8-22(9-5-17)28-27(34)30(14-19-6-10-24-25(12-19)33-16-32-24)15-21-13-20-7-3-18(2)11-23(20)29-26(21)31/h3-13H,14-16H2,1-2H3,(H,28,34)(H,29,31). The molecule has 0 saturated heterocycles. The highest BCUT2D eigenvalue weighted by Gasteiger charge is 2.18. The number of nitrogens with zero attached hydrogens (tertiary/aromatic N) is 1. The molecular formula is C27H25N3O3S. The van der Waals surface area contributed by atoms with Crippen molar-refractivity contribution in [1.82, 2.24) is 9.88 Å². The smallest absolute Gasteiger partial charge is 0.253 e. The van der Waals surface area contributed by atoms with Crippen LogP contribution in [0.2, 0.25) is 0 Å². The van der Waals surface area contributed by atoms with Crippen LogP contribution in [0, 0.1) is 13.8 Å². The number of aromatic nitrogens is 1. The van der Waals surface area contributed by atoms with E-state index in [0.717, 1.165) is 33.5 Å². The minimum absolute atomic E-state index is 0.119. The molecule has 0 aliphatic carbocycles. The summed E-state index contributed by atoms with van der Waals surface area (Å²) >= 11 is 5.79. The predicted octanol–water partition coefficient (Wildman–Crippen LogP) is 5.27. The molecule has 0 saturated carbocycles. The molecule has 0 spiro atoms. The highest BCUT2D eigenvalue weighted by atomic mass is 32.1. The molecule has 0 atom stereocenters. The van der Waals surface area contributed by atoms with Crippen LogP contribution in [-0.2, 0) is 13.1 Å². The first kappa shape index (κ1) is 22.0. The van der Waals surface area contributed by atoms with Crippen LogP contribution in [0.15, 0.2) is 71.5 Å². The largest absolute Gasteiger partial charge is 0.454 e. The SMILES string of the molecule is Cc1ccc(NC(=S)N(Cc2ccc3c(c2)OCO3)Cc2cc3ccc(C)cc3[nH]c2=O)cc1. The van der Waals surface area contributed by atoms with Crippen LogP contribution in [-0.4, -0.2) is 21.8 Å². The number of ether oxygens (including phenoxy) is 2. The number of aryl methyl sites for hydroxylation is 2. The molecule has 5 rings (SSSR count). The lowest BCUT2D eigenvalue weighted by Gasteiger charge is -2.26. The van der Waals surface area contributed by atoms with Crippen molar-refractivity contribution in [2.45, 2.75) is 26.9 Å². The van der Waals surface area contributed by atoms with Crippen LogP contribution in [0.4, 0.5) is 5.69 Å². The van der Waals surface area contributed by atoms with Gasteiger partial charge in [0, 0.05) is 23.3 Å². The highest BCUT2D eigenvalue weighted by molar-refractivity contribution is 7.80. The summed E-state index contributed by atoms with van der Waals surface area (Å²) in [6, 6.07) is 21.9. The Labute approximate surface area is 203 Å². The van der Waals surface area contributed by atoms with Crippen LogP contribution in [0.1, 0.15) is 22.3 Å². The van der Waals surface area contributed by atoms with Crippen LogP contribution in [0.5, 0.6) is 11.5 Å². The molecule has 6 nitrogen and oxygen atoms in total. The molecule has 2 N–H and O–H groups in total. The zero-order valence-corrected chi connectivity index (χ0v) is 19.9. The van der Waals surface area contributed by atoms with E-state index >= 15 is 0 Å². The normalized spacial score (nSPS) is 12.1. The summed E-state index contributed by atoms with van der Waals surface area (Å²) in [5, 5.41) is 4.83. The first-order chi connectivity index (χ1) is 16.4. The lowest BCUT2D eigenvalue weighted by atomic mass is 10.1. The average Bonchev–Trinajstić information content (AvgIpc) is 3.28. The maximum atomic E-state index is 12.9. The van der Waals surface area contributed by atoms with E-state index in [0.29, 0.717) is 29.5 Å². The molecule has 3 aromatic carbocycles. The summed E-state index contributed by atoms with van der Waals surface area (Å²) in [4.78, 5) is 17.9. The van der Waals surface area contributed by atoms with E-state index in [-0.39, 0.29) is 12.4 Å². The number of hydrogen-bond donors (Lipinski definition) is 2. The van der Waals surface area contributed by atoms with Gasteiger partial charge in [-0.3, -0.25) is 4.79 Å². The van der Waals surface area contributed by atoms with E-state index in [9.17, 15) is 4.79 Å². The summed E-state index contributed by atoms with van der Waals surface area (Å²) in [7, 11) is 0. The molecule has 4 aromatic rings. The summed E-state index contributed by atoms with van der Waals surface area (Å²) in [5.41, 5.74) is 5.53. The molecule has 2 heterocycles. The second-order valence-electron chi connectivity index (χ2n) is 8.55. The number of nitrogens with one attached hydrogen (secondary N) is 2. The molecule has 1 aliphatic rings. The number of aromatic amines is 1. The van der Waals surface area contributed by atoms with E-state index < -0.39 is 0 Å². The number of pyridine rings is 1. The molecule has 1 aliphatic heterocycles. The summed E-state index contributed by atoms with van der Waals surface area (Å²) in [6.07, 6.45) is 0. The number of hydrogen-bond acceptors (Lipinski definition) is 4. The summed E-state index contributed by atoms with van der Waals surface area (Å²) in [5.74, 6) is 1.45. The van der Waals surface area contributed by atoms with Gasteiger partial charge in [-0.25, -0.2) is 0 Å². The van der Waals surface area contributed by atoms with E-state index in [1.165, 1.54) is 5.56 Å². The van der Waals surface area contributed by atoms with E-state index in [1.54, 1.807) is 0 Å². The van der Waals surface area contributed by atoms with Crippen LogP contribution >= 0.6 is 12.2 Å². The van der Waals surface area contributed by atoms with E-state index in [2.05, 4.69) is 10.3 Å². The average molecular weight is 472 g/mol. The molecule has 7 heteroatoms. The zero-order chi connectivity index (χ0) is 23.7. The molecule has 0 bridgehead atoms. The monoisotopic (exact) mass is 471 g/mol. The maximum Gasteiger partial charge on any atom is 0.253 e. The number of rotatable bonds is 5. The zero-order valence-electron chi connectivity index (χ0n) is 19.1. The number of anilines is 1. The van der Waals surface area contributed by atoms with Gasteiger partial charge in [0.15, 0.2) is 16.6 Å². The fourth-order valence-electron chi connectivity index (χ4n) is 3.98. The van der Waals surface area contributed by atoms with Gasteiger partial charge in [-0.1, -0.05) is 35.9 Å². The van der Waals surface area contributed by atoms with Gasteiger partial charge in [0.25, 0.3) is 5.56 Å². The third-order valence-electron chi connectivity index (χ3n) is 5.84. The van der Waals surface area contributed by atoms with Crippen molar-refractivity contribution in [3.63, 3.8) is 0 Å². The third kappa shape index (κ3) is 4.75. The van der Waals surface area contributed by atoms with Crippen molar-refractivity contribution in [2.75, 3.05) is 12.1 Å². The molecule has 0 fully saturated rings. The Hall–Kier alpha value is -3.84. The van der Waals surface area contributed by atoms with Crippen molar-refractivity contribution in [3.05, 3.63) is 99.3 Å². The van der Waals surface area contributed by atoms with Gasteiger partial charge >= 0.3 is 0 Å². The first-order valence-electron chi connectivity index (χ1n) is 11.1. The van der Waals surface area contributed by atoms with Gasteiger partial charge in [0.05, 0.1) is 6.54 Å². The lowest BCUT2D eigenvalue weighted by Crippen LogP contribution is -2.35. The Balaban J connectivity index is 1.45. The summed E-state index contributed by atoms with van der Waals surface area (Å²) in [6.45, 7) is 5.13. The van der Waals surface area contributed by atoms with Gasteiger partial charge in [-0.05, 0) is 79.0 Å². The van der Waals surface area contributed by atoms with Crippen molar-refractivity contribution >= 4 is 33.9 Å². The minimum Gasteiger partial charge on any atom is -0.454 e. The van der Waals surface area contributed by atoms with Crippen LogP contribution < -0.4 is 20.3 Å². The predicted molar refractivity (Wildman–Crippen MR) is 139 cm³/mol. The van der Waals surface area contributed by atoms with Crippen molar-refractivity contribution < 1.29 is 9.47 Å². The quantitative estimate of drug-likeness (QED) is 0.387. The first-order valence-corrected chi connectivity index (χ1v) is 11.5. The van der Waals surface area contributed by atoms with Crippen LogP contribution in [0.25, 0.3) is 10.9 Å². The Bertz CT molecular complexity index is 1430. The Morgan fingerprint density at radius 2 is 1.71 bits per heavy atom. The fraction of sp³-hybridized carbons (Fsp3) is 0.185. The lowest BCUT2D eigenvalue weighted by molar-refractivity contribution is 0.174. The van der Waals surface area contributed by atoms with E-state index in [4.69, 9.17) is 21.7 Å². The molecule has 172 valence electrons. The molecule has 1 aromatic heterocycles. The van der Waals surface area contributed by atoms with Crippen LogP contribution in [0.3, 0.4) is 0 Å². The van der Waals surface area contributed by atoms with Gasteiger partial charge in [-0.15, -0.1) is 0 Å². The Morgan fingerprint density at radius 1 is 0.941 bits per heavy atom. The topological polar surface area (TPSA) is 66.6 Å². The number of H-pyrrole nitrogens is 1. The van der Waals surface area contributed by atoms with Gasteiger partial charge in [0.2, 0.25) is 6.79 Å². The van der Waals surface area contributed by atoms with E-state index in [1.807, 2.05) is 85.5 Å². The Morgan fingerprint density at radius 3 is 2.53 bits per heavy atom. The van der Waals surface area contributed by atoms with Crippen molar-refractivity contribution in [2.24, 2.45) is 0 Å². The second-order valence-corrected chi connectivity index (χ2v) is 8.94. The minimum atomic E-state index is -0.119. The van der Waals surface area contributed by atoms with Gasteiger partial charge in [-0.2, -0.15) is 0 Å². The van der Waals surface area contributed by atoms with Crippen molar-refractivity contribution in [1.29, 1.82) is 0 Å². The Kier molecular flexibility index (Phi) is 5.94. The van der Waals surface area contributed by atoms with Crippen molar-refractivity contribution in [3.8, 4) is 11.5 Å².